The van der Waals surface area contributed by atoms with Crippen LogP contribution in [0, 0.1) is 0 Å². The summed E-state index contributed by atoms with van der Waals surface area (Å²) >= 11 is 0. The lowest BCUT2D eigenvalue weighted by Crippen LogP contribution is -2.15. The molecule has 0 rings (SSSR count). The maximum absolute atomic E-state index is 11.2. The van der Waals surface area contributed by atoms with Crippen molar-refractivity contribution in [1.82, 2.24) is 0 Å². The van der Waals surface area contributed by atoms with Crippen LogP contribution in [0.2, 0.25) is 0 Å². The SMILES string of the molecule is C=C(C)C(=O)OCCOCCOCCOCCOCCOCCOCCOCCOCCOCCC(=O)OC. The molecule has 0 amide bonds. The van der Waals surface area contributed by atoms with Crippen molar-refractivity contribution in [2.75, 3.05) is 133 Å². The number of ether oxygens (including phenoxy) is 11. The standard InChI is InChI=1S/C26H48O13/c1-24(2)26(28)39-23-22-38-21-20-37-19-18-36-17-16-35-15-14-34-13-12-33-11-10-32-9-8-31-7-6-30-5-4-25(27)29-3/h1,4-23H2,2-3H3. The molecule has 0 heterocycles. The van der Waals surface area contributed by atoms with Crippen LogP contribution >= 0.6 is 0 Å². The third-order valence-electron chi connectivity index (χ3n) is 4.46. The quantitative estimate of drug-likeness (QED) is 0.0664. The van der Waals surface area contributed by atoms with Crippen molar-refractivity contribution in [3.05, 3.63) is 12.2 Å². The highest BCUT2D eigenvalue weighted by Crippen LogP contribution is 1.92. The zero-order valence-corrected chi connectivity index (χ0v) is 23.7. The van der Waals surface area contributed by atoms with E-state index < -0.39 is 5.97 Å². The molecule has 0 aliphatic rings. The number of carbonyl (C=O) groups excluding carboxylic acids is 2. The second-order valence-corrected chi connectivity index (χ2v) is 7.75. The Morgan fingerprint density at radius 2 is 0.718 bits per heavy atom. The number of hydrogen-bond acceptors (Lipinski definition) is 13. The Hall–Kier alpha value is -1.68. The van der Waals surface area contributed by atoms with Gasteiger partial charge in [0.2, 0.25) is 0 Å². The Bertz CT molecular complexity index is 574. The molecule has 0 aliphatic carbocycles. The molecule has 230 valence electrons. The van der Waals surface area contributed by atoms with Crippen LogP contribution in [0.3, 0.4) is 0 Å². The van der Waals surface area contributed by atoms with Gasteiger partial charge in [-0.3, -0.25) is 4.79 Å². The fourth-order valence-electron chi connectivity index (χ4n) is 2.44. The molecule has 0 aromatic carbocycles. The highest BCUT2D eigenvalue weighted by atomic mass is 16.6. The van der Waals surface area contributed by atoms with Crippen molar-refractivity contribution in [2.45, 2.75) is 13.3 Å². The van der Waals surface area contributed by atoms with Gasteiger partial charge in [0, 0.05) is 5.57 Å². The van der Waals surface area contributed by atoms with Gasteiger partial charge in [0.05, 0.1) is 132 Å². The maximum Gasteiger partial charge on any atom is 0.333 e. The molecule has 0 fully saturated rings. The first-order chi connectivity index (χ1) is 19.1. The second kappa shape index (κ2) is 30.9. The average Bonchev–Trinajstić information content (AvgIpc) is 2.93. The number of carbonyl (C=O) groups is 2. The molecule has 0 spiro atoms. The fourth-order valence-corrected chi connectivity index (χ4v) is 2.44. The zero-order chi connectivity index (χ0) is 28.7. The lowest BCUT2D eigenvalue weighted by molar-refractivity contribution is -0.142. The molecule has 0 radical (unpaired) electrons. The Morgan fingerprint density at radius 1 is 0.462 bits per heavy atom. The molecule has 0 saturated heterocycles. The summed E-state index contributed by atoms with van der Waals surface area (Å²) in [7, 11) is 1.35. The Balaban J connectivity index is 3.08. The van der Waals surface area contributed by atoms with Crippen LogP contribution in [0.4, 0.5) is 0 Å². The Kier molecular flexibility index (Phi) is 29.5. The molecule has 13 heteroatoms. The van der Waals surface area contributed by atoms with Gasteiger partial charge in [-0.25, -0.2) is 4.79 Å². The summed E-state index contributed by atoms with van der Waals surface area (Å²) in [6.07, 6.45) is 0.242. The van der Waals surface area contributed by atoms with Gasteiger partial charge in [-0.1, -0.05) is 6.58 Å². The van der Waals surface area contributed by atoms with E-state index in [9.17, 15) is 9.59 Å². The summed E-state index contributed by atoms with van der Waals surface area (Å²) in [6, 6.07) is 0. The lowest BCUT2D eigenvalue weighted by Gasteiger charge is -2.09. The van der Waals surface area contributed by atoms with Crippen LogP contribution in [0.15, 0.2) is 12.2 Å². The Labute approximate surface area is 232 Å². The van der Waals surface area contributed by atoms with E-state index in [2.05, 4.69) is 11.3 Å². The van der Waals surface area contributed by atoms with Crippen LogP contribution < -0.4 is 0 Å². The zero-order valence-electron chi connectivity index (χ0n) is 23.7. The normalized spacial score (nSPS) is 11.0. The summed E-state index contributed by atoms with van der Waals surface area (Å²) in [5.41, 5.74) is 0.367. The van der Waals surface area contributed by atoms with Gasteiger partial charge in [-0.15, -0.1) is 0 Å². The first kappa shape index (κ1) is 37.3. The molecular weight excluding hydrogens is 520 g/mol. The molecule has 0 saturated carbocycles. The van der Waals surface area contributed by atoms with Crippen molar-refractivity contribution in [2.24, 2.45) is 0 Å². The van der Waals surface area contributed by atoms with Gasteiger partial charge in [-0.05, 0) is 6.92 Å². The predicted octanol–water partition coefficient (Wildman–Crippen LogP) is 0.818. The lowest BCUT2D eigenvalue weighted by atomic mass is 10.4. The van der Waals surface area contributed by atoms with Crippen LogP contribution in [0.5, 0.6) is 0 Å². The Morgan fingerprint density at radius 3 is 0.974 bits per heavy atom. The molecule has 0 aliphatic heterocycles. The minimum absolute atomic E-state index is 0.197. The minimum Gasteiger partial charge on any atom is -0.469 e. The summed E-state index contributed by atoms with van der Waals surface area (Å²) < 4.78 is 57.8. The third kappa shape index (κ3) is 30.7. The van der Waals surface area contributed by atoms with Gasteiger partial charge in [0.1, 0.15) is 6.61 Å². The second-order valence-electron chi connectivity index (χ2n) is 7.75. The largest absolute Gasteiger partial charge is 0.469 e. The first-order valence-corrected chi connectivity index (χ1v) is 13.2. The van der Waals surface area contributed by atoms with E-state index in [-0.39, 0.29) is 19.0 Å². The molecule has 0 atom stereocenters. The van der Waals surface area contributed by atoms with Gasteiger partial charge in [-0.2, -0.15) is 0 Å². The molecule has 0 bridgehead atoms. The molecular formula is C26H48O13. The van der Waals surface area contributed by atoms with Crippen molar-refractivity contribution in [3.63, 3.8) is 0 Å². The van der Waals surface area contributed by atoms with Crippen LogP contribution in [0.1, 0.15) is 13.3 Å². The number of methoxy groups -OCH3 is 1. The van der Waals surface area contributed by atoms with Crippen LogP contribution in [-0.4, -0.2) is 145 Å². The van der Waals surface area contributed by atoms with Crippen molar-refractivity contribution >= 4 is 11.9 Å². The highest BCUT2D eigenvalue weighted by molar-refractivity contribution is 5.86. The van der Waals surface area contributed by atoms with Crippen LogP contribution in [-0.2, 0) is 61.7 Å². The van der Waals surface area contributed by atoms with Crippen molar-refractivity contribution in [1.29, 1.82) is 0 Å². The third-order valence-corrected chi connectivity index (χ3v) is 4.46. The van der Waals surface area contributed by atoms with E-state index >= 15 is 0 Å². The van der Waals surface area contributed by atoms with E-state index in [1.54, 1.807) is 6.92 Å². The van der Waals surface area contributed by atoms with E-state index in [1.165, 1.54) is 7.11 Å². The predicted molar refractivity (Wildman–Crippen MR) is 140 cm³/mol. The molecule has 0 aromatic rings. The molecule has 39 heavy (non-hydrogen) atoms. The van der Waals surface area contributed by atoms with Crippen molar-refractivity contribution in [3.8, 4) is 0 Å². The number of rotatable bonds is 31. The number of esters is 2. The summed E-state index contributed by atoms with van der Waals surface area (Å²) in [5, 5.41) is 0. The van der Waals surface area contributed by atoms with Crippen LogP contribution in [0.25, 0.3) is 0 Å². The molecule has 0 aromatic heterocycles. The maximum atomic E-state index is 11.2. The van der Waals surface area contributed by atoms with Gasteiger partial charge in [0.25, 0.3) is 0 Å². The van der Waals surface area contributed by atoms with E-state index in [4.69, 9.17) is 47.4 Å². The first-order valence-electron chi connectivity index (χ1n) is 13.2. The van der Waals surface area contributed by atoms with E-state index in [0.717, 1.165) is 0 Å². The highest BCUT2D eigenvalue weighted by Gasteiger charge is 2.02. The molecule has 0 N–H and O–H groups in total. The van der Waals surface area contributed by atoms with Gasteiger partial charge in [0.15, 0.2) is 0 Å². The summed E-state index contributed by atoms with van der Waals surface area (Å²) in [5.74, 6) is -0.705. The fraction of sp³-hybridized carbons (Fsp3) is 0.846. The summed E-state index contributed by atoms with van der Waals surface area (Å²) in [6.45, 7) is 13.4. The molecule has 0 unspecified atom stereocenters. The van der Waals surface area contributed by atoms with Gasteiger partial charge < -0.3 is 52.1 Å². The minimum atomic E-state index is -0.416. The summed E-state index contributed by atoms with van der Waals surface area (Å²) in [4.78, 5) is 22.1. The topological polar surface area (TPSA) is 136 Å². The van der Waals surface area contributed by atoms with Crippen molar-refractivity contribution < 1.29 is 61.7 Å². The van der Waals surface area contributed by atoms with Gasteiger partial charge >= 0.3 is 11.9 Å². The number of hydrogen-bond donors (Lipinski definition) is 0. The smallest absolute Gasteiger partial charge is 0.333 e. The van der Waals surface area contributed by atoms with E-state index in [1.807, 2.05) is 0 Å². The average molecular weight is 569 g/mol. The monoisotopic (exact) mass is 568 g/mol. The van der Waals surface area contributed by atoms with E-state index in [0.29, 0.717) is 124 Å². The molecule has 13 nitrogen and oxygen atoms in total.